The first kappa shape index (κ1) is 44.2. The number of pyridine rings is 2. The van der Waals surface area contributed by atoms with Crippen molar-refractivity contribution < 1.29 is 0 Å². The van der Waals surface area contributed by atoms with Crippen LogP contribution < -0.4 is 0 Å². The largest absolute Gasteiger partial charge is 0.275 e. The molecule has 0 unspecified atom stereocenters. The molecule has 0 atom stereocenters. The molecular weight excluding hydrogens is 857 g/mol. The summed E-state index contributed by atoms with van der Waals surface area (Å²) in [5.41, 5.74) is 16.6. The molecule has 0 bridgehead atoms. The Balaban J connectivity index is 0.943. The lowest BCUT2D eigenvalue weighted by atomic mass is 9.86. The number of nitrogens with zero attached hydrogens (tertiary/aromatic N) is 8. The molecule has 11 rings (SSSR count). The molecule has 0 radical (unpaired) electrons. The summed E-state index contributed by atoms with van der Waals surface area (Å²) in [5, 5.41) is 21.2. The van der Waals surface area contributed by atoms with Gasteiger partial charge in [0.15, 0.2) is 23.3 Å². The fraction of sp³-hybridized carbons (Fsp3) is 0.161. The van der Waals surface area contributed by atoms with Crippen LogP contribution in [0.1, 0.15) is 64.1 Å². The van der Waals surface area contributed by atoms with Gasteiger partial charge in [-0.05, 0) is 94.5 Å². The highest BCUT2D eigenvalue weighted by molar-refractivity contribution is 6.12. The fourth-order valence-electron chi connectivity index (χ4n) is 9.50. The summed E-state index contributed by atoms with van der Waals surface area (Å²) in [6.07, 6.45) is 0. The van der Waals surface area contributed by atoms with E-state index < -0.39 is 0 Å². The van der Waals surface area contributed by atoms with Crippen LogP contribution in [0.15, 0.2) is 182 Å². The van der Waals surface area contributed by atoms with Crippen molar-refractivity contribution in [1.82, 2.24) is 39.5 Å². The van der Waals surface area contributed by atoms with Gasteiger partial charge < -0.3 is 0 Å². The van der Waals surface area contributed by atoms with Crippen molar-refractivity contribution in [3.05, 3.63) is 205 Å². The molecule has 8 heteroatoms. The number of rotatable bonds is 8. The number of benzene rings is 7. The Morgan fingerprint density at radius 2 is 0.614 bits per heavy atom. The molecule has 342 valence electrons. The molecule has 7 aromatic carbocycles. The zero-order valence-electron chi connectivity index (χ0n) is 40.9. The zero-order chi connectivity index (χ0) is 48.3. The minimum absolute atomic E-state index is 0.0531. The molecule has 0 aliphatic rings. The Morgan fingerprint density at radius 3 is 0.914 bits per heavy atom. The first-order valence-electron chi connectivity index (χ1n) is 24.0. The first-order valence-corrected chi connectivity index (χ1v) is 24.0. The molecule has 8 nitrogen and oxygen atoms in total. The van der Waals surface area contributed by atoms with E-state index in [1.807, 2.05) is 12.1 Å². The molecule has 11 aromatic rings. The molecule has 0 amide bonds. The lowest BCUT2D eigenvalue weighted by Crippen LogP contribution is -2.10. The topological polar surface area (TPSA) is 87.2 Å². The van der Waals surface area contributed by atoms with Crippen LogP contribution in [0.25, 0.3) is 101 Å². The highest BCUT2D eigenvalue weighted by Crippen LogP contribution is 2.39. The van der Waals surface area contributed by atoms with Gasteiger partial charge >= 0.3 is 0 Å². The van der Waals surface area contributed by atoms with Crippen molar-refractivity contribution in [2.45, 2.75) is 66.2 Å². The summed E-state index contributed by atoms with van der Waals surface area (Å²) >= 11 is 0. The standard InChI is InChI=1S/C62H54N8/c1-39-37-53(41-19-23-43(24-20-41)57-65-67-59(69(57)49-15-11-9-12-16-49)45-27-31-47(32-28-45)61(3,4)5)51-35-36-52-54(38-40(2)64-56(52)55(51)63-39)42-21-25-44(26-22-42)58-66-68-60(70(58)50-17-13-10-14-18-50)46-29-33-48(34-30-46)62(6,7)8/h9-38H,1-8H3. The minimum atomic E-state index is 0.0531. The number of fused-ring (bicyclic) bond motifs is 3. The quantitative estimate of drug-likeness (QED) is 0.141. The highest BCUT2D eigenvalue weighted by Gasteiger charge is 2.22. The van der Waals surface area contributed by atoms with Crippen LogP contribution >= 0.6 is 0 Å². The molecule has 0 saturated carbocycles. The van der Waals surface area contributed by atoms with Crippen LogP contribution in [0, 0.1) is 13.8 Å². The van der Waals surface area contributed by atoms with E-state index in [1.54, 1.807) is 0 Å². The van der Waals surface area contributed by atoms with Gasteiger partial charge in [0.2, 0.25) is 0 Å². The second kappa shape index (κ2) is 17.3. The van der Waals surface area contributed by atoms with Crippen LogP contribution in [0.5, 0.6) is 0 Å². The van der Waals surface area contributed by atoms with E-state index in [4.69, 9.17) is 30.4 Å². The zero-order valence-corrected chi connectivity index (χ0v) is 40.9. The van der Waals surface area contributed by atoms with Crippen LogP contribution in [0.4, 0.5) is 0 Å². The maximum atomic E-state index is 5.16. The van der Waals surface area contributed by atoms with E-state index in [0.29, 0.717) is 0 Å². The van der Waals surface area contributed by atoms with Crippen molar-refractivity contribution in [2.24, 2.45) is 0 Å². The van der Waals surface area contributed by atoms with Gasteiger partial charge in [0, 0.05) is 55.8 Å². The van der Waals surface area contributed by atoms with E-state index in [-0.39, 0.29) is 10.8 Å². The third-order valence-electron chi connectivity index (χ3n) is 13.3. The average molecular weight is 911 g/mol. The predicted octanol–water partition coefficient (Wildman–Crippen LogP) is 15.2. The van der Waals surface area contributed by atoms with Gasteiger partial charge in [-0.3, -0.25) is 19.1 Å². The Hall–Kier alpha value is -8.36. The van der Waals surface area contributed by atoms with Crippen LogP contribution in [-0.4, -0.2) is 39.5 Å². The Bertz CT molecular complexity index is 3440. The average Bonchev–Trinajstić information content (AvgIpc) is 4.02. The van der Waals surface area contributed by atoms with E-state index in [2.05, 4.69) is 234 Å². The molecule has 0 N–H and O–H groups in total. The third kappa shape index (κ3) is 8.15. The molecule has 70 heavy (non-hydrogen) atoms. The molecule has 4 heterocycles. The van der Waals surface area contributed by atoms with Gasteiger partial charge in [-0.25, -0.2) is 0 Å². The van der Waals surface area contributed by atoms with Gasteiger partial charge in [-0.1, -0.05) is 187 Å². The molecule has 0 aliphatic heterocycles. The van der Waals surface area contributed by atoms with Crippen molar-refractivity contribution in [3.63, 3.8) is 0 Å². The number of hydrogen-bond donors (Lipinski definition) is 0. The maximum Gasteiger partial charge on any atom is 0.168 e. The summed E-state index contributed by atoms with van der Waals surface area (Å²) in [4.78, 5) is 10.3. The molecule has 0 aliphatic carbocycles. The van der Waals surface area contributed by atoms with E-state index >= 15 is 0 Å². The number of hydrogen-bond acceptors (Lipinski definition) is 6. The lowest BCUT2D eigenvalue weighted by molar-refractivity contribution is 0.590. The molecule has 4 aromatic heterocycles. The van der Waals surface area contributed by atoms with Gasteiger partial charge in [0.05, 0.1) is 11.0 Å². The van der Waals surface area contributed by atoms with Gasteiger partial charge in [0.1, 0.15) is 0 Å². The van der Waals surface area contributed by atoms with E-state index in [9.17, 15) is 0 Å². The summed E-state index contributed by atoms with van der Waals surface area (Å²) in [6.45, 7) is 17.5. The SMILES string of the molecule is Cc1cc(-c2ccc(-c3nnc(-c4ccc(C(C)(C)C)cc4)n3-c3ccccc3)cc2)c2ccc3c(-c4ccc(-c5nnc(-c6ccc(C(C)(C)C)cc6)n5-c5ccccc5)cc4)cc(C)nc3c2n1. The van der Waals surface area contributed by atoms with E-state index in [1.165, 1.54) is 11.1 Å². The smallest absolute Gasteiger partial charge is 0.168 e. The van der Waals surface area contributed by atoms with Crippen molar-refractivity contribution in [1.29, 1.82) is 0 Å². The van der Waals surface area contributed by atoms with Crippen molar-refractivity contribution in [2.75, 3.05) is 0 Å². The second-order valence-electron chi connectivity index (χ2n) is 20.3. The number of aryl methyl sites for hydroxylation is 2. The van der Waals surface area contributed by atoms with Gasteiger partial charge in [0.25, 0.3) is 0 Å². The summed E-state index contributed by atoms with van der Waals surface area (Å²) < 4.78 is 4.30. The normalized spacial score (nSPS) is 12.0. The number of para-hydroxylation sites is 2. The van der Waals surface area contributed by atoms with Crippen LogP contribution in [0.2, 0.25) is 0 Å². The van der Waals surface area contributed by atoms with Crippen LogP contribution in [0.3, 0.4) is 0 Å². The first-order chi connectivity index (χ1) is 33.8. The van der Waals surface area contributed by atoms with Crippen molar-refractivity contribution in [3.8, 4) is 79.2 Å². The third-order valence-corrected chi connectivity index (χ3v) is 13.3. The molecule has 0 spiro atoms. The lowest BCUT2D eigenvalue weighted by Gasteiger charge is -2.19. The highest BCUT2D eigenvalue weighted by atomic mass is 15.3. The predicted molar refractivity (Wildman–Crippen MR) is 286 cm³/mol. The molecular formula is C62H54N8. The Kier molecular flexibility index (Phi) is 10.9. The minimum Gasteiger partial charge on any atom is -0.275 e. The van der Waals surface area contributed by atoms with Gasteiger partial charge in [-0.15, -0.1) is 20.4 Å². The van der Waals surface area contributed by atoms with E-state index in [0.717, 1.165) is 112 Å². The Morgan fingerprint density at radius 1 is 0.329 bits per heavy atom. The van der Waals surface area contributed by atoms with Gasteiger partial charge in [-0.2, -0.15) is 0 Å². The Labute approximate surface area is 409 Å². The summed E-state index contributed by atoms with van der Waals surface area (Å²) in [7, 11) is 0. The molecule has 0 saturated heterocycles. The fourth-order valence-corrected chi connectivity index (χ4v) is 9.50. The molecule has 0 fully saturated rings. The number of aromatic nitrogens is 8. The maximum absolute atomic E-state index is 5.16. The summed E-state index contributed by atoms with van der Waals surface area (Å²) in [6, 6.07) is 64.1. The van der Waals surface area contributed by atoms with Crippen LogP contribution in [-0.2, 0) is 10.8 Å². The monoisotopic (exact) mass is 910 g/mol. The van der Waals surface area contributed by atoms with Crippen molar-refractivity contribution >= 4 is 21.8 Å². The second-order valence-corrected chi connectivity index (χ2v) is 20.3. The summed E-state index contributed by atoms with van der Waals surface area (Å²) in [5.74, 6) is 3.15.